The van der Waals surface area contributed by atoms with Gasteiger partial charge in [-0.3, -0.25) is 38.4 Å². The molecule has 1 aliphatic carbocycles. The Labute approximate surface area is 162 Å². The molecule has 0 aromatic carbocycles. The highest BCUT2D eigenvalue weighted by Crippen LogP contribution is 2.65. The van der Waals surface area contributed by atoms with Crippen LogP contribution in [0.25, 0.3) is 0 Å². The van der Waals surface area contributed by atoms with Crippen LogP contribution in [0.1, 0.15) is 12.8 Å². The van der Waals surface area contributed by atoms with E-state index in [1.165, 1.54) is 0 Å². The third-order valence-corrected chi connectivity index (χ3v) is 5.44. The van der Waals surface area contributed by atoms with E-state index in [4.69, 9.17) is 0 Å². The van der Waals surface area contributed by atoms with E-state index in [1.807, 2.05) is 0 Å². The summed E-state index contributed by atoms with van der Waals surface area (Å²) >= 11 is 0. The molecule has 1 rings (SSSR count). The van der Waals surface area contributed by atoms with Crippen molar-refractivity contribution in [3.63, 3.8) is 0 Å². The van der Waals surface area contributed by atoms with Crippen LogP contribution in [0.3, 0.4) is 0 Å². The van der Waals surface area contributed by atoms with Crippen LogP contribution >= 0.6 is 0 Å². The van der Waals surface area contributed by atoms with Crippen molar-refractivity contribution in [3.05, 3.63) is 0 Å². The maximum absolute atomic E-state index is 11.8. The number of aliphatic carboxylic acids is 8. The normalized spacial score (nSPS) is 20.3. The molecule has 8 N–H and O–H groups in total. The van der Waals surface area contributed by atoms with Gasteiger partial charge in [-0.15, -0.1) is 0 Å². The number of carboxylic acids is 8. The molecule has 0 bridgehead atoms. The average Bonchev–Trinajstić information content (AvgIpc) is 2.57. The maximum atomic E-state index is 11.8. The molecule has 16 heteroatoms. The van der Waals surface area contributed by atoms with E-state index in [-0.39, 0.29) is 0 Å². The molecule has 164 valence electrons. The quantitative estimate of drug-likeness (QED) is 0.181. The van der Waals surface area contributed by atoms with Gasteiger partial charge >= 0.3 is 47.8 Å². The molecule has 1 fully saturated rings. The topological polar surface area (TPSA) is 298 Å². The van der Waals surface area contributed by atoms with Gasteiger partial charge in [-0.05, 0) is 0 Å². The Morgan fingerprint density at radius 3 is 0.500 bits per heavy atom. The lowest BCUT2D eigenvalue weighted by atomic mass is 9.41. The second-order valence-corrected chi connectivity index (χ2v) is 6.42. The first-order valence-corrected chi connectivity index (χ1v) is 7.34. The molecule has 0 aliphatic heterocycles. The number of hydrogen-bond acceptors (Lipinski definition) is 8. The van der Waals surface area contributed by atoms with Crippen LogP contribution in [0.2, 0.25) is 0 Å². The van der Waals surface area contributed by atoms with E-state index < -0.39 is 82.3 Å². The lowest BCUT2D eigenvalue weighted by molar-refractivity contribution is -0.232. The number of carboxylic acid groups (broad SMARTS) is 8. The monoisotopic (exact) mass is 436 g/mol. The summed E-state index contributed by atoms with van der Waals surface area (Å²) in [5.41, 5.74) is -17.2. The number of hydrogen-bond donors (Lipinski definition) is 8. The van der Waals surface area contributed by atoms with Crippen LogP contribution in [0.4, 0.5) is 0 Å². The fraction of sp³-hybridized carbons (Fsp3) is 0.429. The van der Waals surface area contributed by atoms with Gasteiger partial charge in [0.25, 0.3) is 0 Å². The van der Waals surface area contributed by atoms with Crippen molar-refractivity contribution in [3.8, 4) is 0 Å². The minimum absolute atomic E-state index is 2.54. The van der Waals surface area contributed by atoms with Gasteiger partial charge in [0, 0.05) is 12.8 Å². The minimum atomic E-state index is -4.30. The number of carbonyl (C=O) groups is 8. The molecule has 1 saturated carbocycles. The first-order valence-electron chi connectivity index (χ1n) is 7.34. The van der Waals surface area contributed by atoms with Crippen molar-refractivity contribution in [2.24, 2.45) is 21.7 Å². The Bertz CT molecular complexity index is 707. The lowest BCUT2D eigenvalue weighted by Gasteiger charge is -2.53. The molecule has 1 aliphatic rings. The van der Waals surface area contributed by atoms with Crippen molar-refractivity contribution in [2.75, 3.05) is 0 Å². The lowest BCUT2D eigenvalue weighted by Crippen LogP contribution is -2.75. The van der Waals surface area contributed by atoms with Crippen molar-refractivity contribution in [1.29, 1.82) is 0 Å². The molecule has 16 nitrogen and oxygen atoms in total. The first kappa shape index (κ1) is 23.8. The third-order valence-electron chi connectivity index (χ3n) is 5.44. The summed E-state index contributed by atoms with van der Waals surface area (Å²) in [7, 11) is 0. The van der Waals surface area contributed by atoms with Crippen LogP contribution in [-0.4, -0.2) is 88.6 Å². The van der Waals surface area contributed by atoms with Crippen molar-refractivity contribution >= 4 is 47.8 Å². The zero-order valence-electron chi connectivity index (χ0n) is 14.3. The van der Waals surface area contributed by atoms with Gasteiger partial charge in [-0.1, -0.05) is 0 Å². The molecule has 0 aromatic heterocycles. The van der Waals surface area contributed by atoms with Crippen LogP contribution in [0.15, 0.2) is 0 Å². The fourth-order valence-corrected chi connectivity index (χ4v) is 3.83. The van der Waals surface area contributed by atoms with Crippen LogP contribution < -0.4 is 0 Å². The highest BCUT2D eigenvalue weighted by Gasteiger charge is 2.87. The molecule has 0 radical (unpaired) electrons. The summed E-state index contributed by atoms with van der Waals surface area (Å²) in [6.07, 6.45) is -5.07. The molecule has 0 atom stereocenters. The summed E-state index contributed by atoms with van der Waals surface area (Å²) in [6.45, 7) is 0. The molecule has 30 heavy (non-hydrogen) atoms. The second-order valence-electron chi connectivity index (χ2n) is 6.42. The molecule has 0 spiro atoms. The van der Waals surface area contributed by atoms with Gasteiger partial charge in [-0.2, -0.15) is 0 Å². The van der Waals surface area contributed by atoms with E-state index in [0.717, 1.165) is 0 Å². The Morgan fingerprint density at radius 1 is 0.333 bits per heavy atom. The first-order chi connectivity index (χ1) is 13.5. The molecule has 0 saturated heterocycles. The highest BCUT2D eigenvalue weighted by atomic mass is 16.4. The standard InChI is InChI=1S/C14H12O16/c15-3(16)11(4(17)18)1-12(5(19)20,6(21)22)14(9(27)28,10(29)30)2-13(11,7(23)24)8(25)26/h1-2H2,(H,15,16)(H,17,18)(H,19,20)(H,21,22)(H,23,24)(H,25,26)(H,27,28)(H,29,30). The van der Waals surface area contributed by atoms with E-state index in [2.05, 4.69) is 0 Å². The van der Waals surface area contributed by atoms with Gasteiger partial charge < -0.3 is 40.9 Å². The second kappa shape index (κ2) is 6.68. The zero-order valence-corrected chi connectivity index (χ0v) is 14.3. The Hall–Kier alpha value is -4.24. The summed E-state index contributed by atoms with van der Waals surface area (Å²) in [5, 5.41) is 75.6. The van der Waals surface area contributed by atoms with Crippen molar-refractivity contribution < 1.29 is 79.2 Å². The molecule has 0 aromatic rings. The van der Waals surface area contributed by atoms with E-state index in [9.17, 15) is 79.2 Å². The van der Waals surface area contributed by atoms with Gasteiger partial charge in [0.2, 0.25) is 0 Å². The average molecular weight is 436 g/mol. The fourth-order valence-electron chi connectivity index (χ4n) is 3.83. The Balaban J connectivity index is 4.50. The predicted molar refractivity (Wildman–Crippen MR) is 80.1 cm³/mol. The Morgan fingerprint density at radius 2 is 0.433 bits per heavy atom. The summed E-state index contributed by atoms with van der Waals surface area (Å²) in [6, 6.07) is 0. The summed E-state index contributed by atoms with van der Waals surface area (Å²) < 4.78 is 0. The smallest absolute Gasteiger partial charge is 0.322 e. The number of rotatable bonds is 8. The molecular formula is C14H12O16. The minimum Gasteiger partial charge on any atom is -0.480 e. The van der Waals surface area contributed by atoms with Crippen molar-refractivity contribution in [2.45, 2.75) is 12.8 Å². The van der Waals surface area contributed by atoms with Gasteiger partial charge in [0.1, 0.15) is 0 Å². The largest absolute Gasteiger partial charge is 0.480 e. The van der Waals surface area contributed by atoms with E-state index in [1.54, 1.807) is 0 Å². The van der Waals surface area contributed by atoms with Gasteiger partial charge in [0.15, 0.2) is 21.7 Å². The Kier molecular flexibility index (Phi) is 5.30. The zero-order chi connectivity index (χ0) is 24.0. The summed E-state index contributed by atoms with van der Waals surface area (Å²) in [5.74, 6) is -22.7. The SMILES string of the molecule is O=C(O)C1(C(=O)O)CC(C(=O)O)(C(=O)O)C(C(=O)O)(C(=O)O)CC1(C(=O)O)C(=O)O. The maximum Gasteiger partial charge on any atom is 0.322 e. The predicted octanol–water partition coefficient (Wildman–Crippen LogP) is -2.60. The van der Waals surface area contributed by atoms with E-state index >= 15 is 0 Å². The molecule has 0 amide bonds. The van der Waals surface area contributed by atoms with E-state index in [0.29, 0.717) is 0 Å². The van der Waals surface area contributed by atoms with Crippen LogP contribution in [-0.2, 0) is 38.4 Å². The highest BCUT2D eigenvalue weighted by molar-refractivity contribution is 6.20. The third kappa shape index (κ3) is 2.26. The van der Waals surface area contributed by atoms with Crippen LogP contribution in [0.5, 0.6) is 0 Å². The van der Waals surface area contributed by atoms with Crippen LogP contribution in [0, 0.1) is 21.7 Å². The van der Waals surface area contributed by atoms with Gasteiger partial charge in [0.05, 0.1) is 0 Å². The molecule has 0 unspecified atom stereocenters. The van der Waals surface area contributed by atoms with Crippen molar-refractivity contribution in [1.82, 2.24) is 0 Å². The molecule has 0 heterocycles. The summed E-state index contributed by atoms with van der Waals surface area (Å²) in [4.78, 5) is 94.7. The molecular weight excluding hydrogens is 424 g/mol. The van der Waals surface area contributed by atoms with Gasteiger partial charge in [-0.25, -0.2) is 0 Å².